The van der Waals surface area contributed by atoms with Gasteiger partial charge in [0.2, 0.25) is 0 Å². The molecule has 0 bridgehead atoms. The molecule has 0 radical (unpaired) electrons. The van der Waals surface area contributed by atoms with Crippen molar-refractivity contribution in [2.24, 2.45) is 5.73 Å². The molecule has 0 fully saturated rings. The van der Waals surface area contributed by atoms with Crippen molar-refractivity contribution < 1.29 is 0 Å². The first-order chi connectivity index (χ1) is 6.27. The van der Waals surface area contributed by atoms with Crippen LogP contribution in [0, 0.1) is 6.92 Å². The molecular formula is C10H11NS2. The second-order valence-electron chi connectivity index (χ2n) is 2.98. The molecule has 1 unspecified atom stereocenters. The highest BCUT2D eigenvalue weighted by atomic mass is 32.1. The normalized spacial score (nSPS) is 13.1. The van der Waals surface area contributed by atoms with Crippen molar-refractivity contribution in [2.45, 2.75) is 13.0 Å². The molecule has 13 heavy (non-hydrogen) atoms. The Kier molecular flexibility index (Phi) is 2.49. The molecule has 0 amide bonds. The van der Waals surface area contributed by atoms with Crippen molar-refractivity contribution >= 4 is 22.7 Å². The summed E-state index contributed by atoms with van der Waals surface area (Å²) in [5.41, 5.74) is 7.31. The summed E-state index contributed by atoms with van der Waals surface area (Å²) < 4.78 is 0. The van der Waals surface area contributed by atoms with Gasteiger partial charge in [-0.05, 0) is 41.4 Å². The number of rotatable bonds is 2. The highest BCUT2D eigenvalue weighted by Crippen LogP contribution is 2.27. The van der Waals surface area contributed by atoms with Crippen molar-refractivity contribution in [3.05, 3.63) is 44.3 Å². The summed E-state index contributed by atoms with van der Waals surface area (Å²) in [7, 11) is 0. The van der Waals surface area contributed by atoms with E-state index in [-0.39, 0.29) is 6.04 Å². The molecule has 2 N–H and O–H groups in total. The SMILES string of the molecule is Cc1ccc(C(N)c2ccsc2)s1. The van der Waals surface area contributed by atoms with E-state index < -0.39 is 0 Å². The predicted octanol–water partition coefficient (Wildman–Crippen LogP) is 3.17. The van der Waals surface area contributed by atoms with Gasteiger partial charge < -0.3 is 5.73 Å². The molecule has 2 aromatic heterocycles. The Morgan fingerprint density at radius 2 is 2.15 bits per heavy atom. The zero-order valence-corrected chi connectivity index (χ0v) is 8.99. The van der Waals surface area contributed by atoms with Crippen LogP contribution in [0.2, 0.25) is 0 Å². The second kappa shape index (κ2) is 3.62. The number of hydrogen-bond acceptors (Lipinski definition) is 3. The first-order valence-corrected chi connectivity index (χ1v) is 5.87. The Morgan fingerprint density at radius 3 is 2.69 bits per heavy atom. The van der Waals surface area contributed by atoms with Crippen molar-refractivity contribution in [3.63, 3.8) is 0 Å². The third-order valence-corrected chi connectivity index (χ3v) is 3.76. The number of nitrogens with two attached hydrogens (primary N) is 1. The molecule has 1 nitrogen and oxygen atoms in total. The van der Waals surface area contributed by atoms with E-state index in [0.717, 1.165) is 0 Å². The molecule has 0 aromatic carbocycles. The largest absolute Gasteiger partial charge is 0.320 e. The van der Waals surface area contributed by atoms with Gasteiger partial charge >= 0.3 is 0 Å². The van der Waals surface area contributed by atoms with Gasteiger partial charge in [0.15, 0.2) is 0 Å². The van der Waals surface area contributed by atoms with E-state index in [2.05, 4.69) is 35.9 Å². The summed E-state index contributed by atoms with van der Waals surface area (Å²) in [6.45, 7) is 2.11. The van der Waals surface area contributed by atoms with Crippen LogP contribution in [0.1, 0.15) is 21.4 Å². The molecule has 0 saturated carbocycles. The van der Waals surface area contributed by atoms with Crippen molar-refractivity contribution in [3.8, 4) is 0 Å². The van der Waals surface area contributed by atoms with E-state index in [1.807, 2.05) is 0 Å². The minimum Gasteiger partial charge on any atom is -0.320 e. The zero-order chi connectivity index (χ0) is 9.26. The van der Waals surface area contributed by atoms with Crippen LogP contribution in [-0.4, -0.2) is 0 Å². The maximum Gasteiger partial charge on any atom is 0.0654 e. The molecule has 3 heteroatoms. The summed E-state index contributed by atoms with van der Waals surface area (Å²) in [5, 5.41) is 4.18. The van der Waals surface area contributed by atoms with Gasteiger partial charge in [0.1, 0.15) is 0 Å². The van der Waals surface area contributed by atoms with E-state index in [9.17, 15) is 0 Å². The minimum absolute atomic E-state index is 0.0601. The number of aryl methyl sites for hydroxylation is 1. The maximum absolute atomic E-state index is 6.09. The van der Waals surface area contributed by atoms with Gasteiger partial charge in [-0.15, -0.1) is 11.3 Å². The fraction of sp³-hybridized carbons (Fsp3) is 0.200. The lowest BCUT2D eigenvalue weighted by molar-refractivity contribution is 0.899. The molecule has 0 aliphatic carbocycles. The van der Waals surface area contributed by atoms with Crippen molar-refractivity contribution in [2.75, 3.05) is 0 Å². The van der Waals surface area contributed by atoms with Gasteiger partial charge in [0.05, 0.1) is 6.04 Å². The smallest absolute Gasteiger partial charge is 0.0654 e. The monoisotopic (exact) mass is 209 g/mol. The van der Waals surface area contributed by atoms with Crippen molar-refractivity contribution in [1.82, 2.24) is 0 Å². The molecule has 2 aromatic rings. The van der Waals surface area contributed by atoms with Crippen LogP contribution in [-0.2, 0) is 0 Å². The molecule has 0 aliphatic heterocycles. The lowest BCUT2D eigenvalue weighted by atomic mass is 10.1. The average Bonchev–Trinajstić information content (AvgIpc) is 2.72. The van der Waals surface area contributed by atoms with E-state index in [4.69, 9.17) is 5.73 Å². The molecule has 2 rings (SSSR count). The Labute approximate surface area is 85.8 Å². The Morgan fingerprint density at radius 1 is 1.31 bits per heavy atom. The summed E-state index contributed by atoms with van der Waals surface area (Å²) in [5.74, 6) is 0. The number of hydrogen-bond donors (Lipinski definition) is 1. The fourth-order valence-electron chi connectivity index (χ4n) is 1.24. The highest BCUT2D eigenvalue weighted by molar-refractivity contribution is 7.12. The summed E-state index contributed by atoms with van der Waals surface area (Å²) in [6, 6.07) is 6.38. The van der Waals surface area contributed by atoms with Gasteiger partial charge in [-0.2, -0.15) is 11.3 Å². The Hall–Kier alpha value is -0.640. The molecule has 1 atom stereocenters. The molecule has 0 saturated heterocycles. The molecule has 0 aliphatic rings. The van der Waals surface area contributed by atoms with E-state index in [0.29, 0.717) is 0 Å². The van der Waals surface area contributed by atoms with Gasteiger partial charge in [-0.25, -0.2) is 0 Å². The Bertz CT molecular complexity index is 375. The van der Waals surface area contributed by atoms with Crippen LogP contribution in [0.3, 0.4) is 0 Å². The fourth-order valence-corrected chi connectivity index (χ4v) is 2.84. The van der Waals surface area contributed by atoms with E-state index in [1.165, 1.54) is 15.3 Å². The maximum atomic E-state index is 6.09. The van der Waals surface area contributed by atoms with Crippen LogP contribution in [0.5, 0.6) is 0 Å². The van der Waals surface area contributed by atoms with E-state index in [1.54, 1.807) is 22.7 Å². The molecule has 68 valence electrons. The van der Waals surface area contributed by atoms with Crippen LogP contribution >= 0.6 is 22.7 Å². The third kappa shape index (κ3) is 1.82. The first kappa shape index (κ1) is 8.94. The quantitative estimate of drug-likeness (QED) is 0.807. The molecule has 2 heterocycles. The Balaban J connectivity index is 2.28. The van der Waals surface area contributed by atoms with Gasteiger partial charge in [-0.1, -0.05) is 0 Å². The standard InChI is InChI=1S/C10H11NS2/c1-7-2-3-9(13-7)10(11)8-4-5-12-6-8/h2-6,10H,11H2,1H3. The minimum atomic E-state index is 0.0601. The van der Waals surface area contributed by atoms with Gasteiger partial charge in [0, 0.05) is 9.75 Å². The van der Waals surface area contributed by atoms with Crippen LogP contribution in [0.25, 0.3) is 0 Å². The third-order valence-electron chi connectivity index (χ3n) is 1.97. The van der Waals surface area contributed by atoms with Gasteiger partial charge in [0.25, 0.3) is 0 Å². The average molecular weight is 209 g/mol. The molecular weight excluding hydrogens is 198 g/mol. The number of thiophene rings is 2. The topological polar surface area (TPSA) is 26.0 Å². The lowest BCUT2D eigenvalue weighted by Gasteiger charge is -2.05. The molecule has 0 spiro atoms. The predicted molar refractivity (Wildman–Crippen MR) is 59.4 cm³/mol. The van der Waals surface area contributed by atoms with Crippen molar-refractivity contribution in [1.29, 1.82) is 0 Å². The van der Waals surface area contributed by atoms with E-state index >= 15 is 0 Å². The first-order valence-electron chi connectivity index (χ1n) is 4.11. The highest BCUT2D eigenvalue weighted by Gasteiger charge is 2.10. The zero-order valence-electron chi connectivity index (χ0n) is 7.36. The second-order valence-corrected chi connectivity index (χ2v) is 5.08. The van der Waals surface area contributed by atoms with Crippen LogP contribution in [0.15, 0.2) is 29.0 Å². The van der Waals surface area contributed by atoms with Gasteiger partial charge in [-0.3, -0.25) is 0 Å². The summed E-state index contributed by atoms with van der Waals surface area (Å²) in [6.07, 6.45) is 0. The van der Waals surface area contributed by atoms with Crippen LogP contribution in [0.4, 0.5) is 0 Å². The summed E-state index contributed by atoms with van der Waals surface area (Å²) >= 11 is 3.47. The summed E-state index contributed by atoms with van der Waals surface area (Å²) in [4.78, 5) is 2.57. The van der Waals surface area contributed by atoms with Crippen LogP contribution < -0.4 is 5.73 Å². The lowest BCUT2D eigenvalue weighted by Crippen LogP contribution is -2.08.